The molecule has 0 saturated heterocycles. The van der Waals surface area contributed by atoms with Gasteiger partial charge >= 0.3 is 6.61 Å². The molecule has 0 aliphatic heterocycles. The number of rotatable bonds is 5. The number of para-hydroxylation sites is 1. The van der Waals surface area contributed by atoms with Gasteiger partial charge in [-0.2, -0.15) is 8.78 Å². The highest BCUT2D eigenvalue weighted by atomic mass is 19.3. The zero-order valence-corrected chi connectivity index (χ0v) is 12.7. The van der Waals surface area contributed by atoms with E-state index in [1.165, 1.54) is 24.6 Å². The first kappa shape index (κ1) is 16.5. The normalized spacial score (nSPS) is 16.2. The number of carbonyl (C=O) groups is 1. The molecule has 0 spiro atoms. The van der Waals surface area contributed by atoms with E-state index in [1.807, 2.05) is 0 Å². The van der Waals surface area contributed by atoms with Crippen LogP contribution in [0.3, 0.4) is 0 Å². The molecule has 0 heterocycles. The maximum absolute atomic E-state index is 12.3. The van der Waals surface area contributed by atoms with Crippen LogP contribution in [0.15, 0.2) is 30.3 Å². The van der Waals surface area contributed by atoms with Crippen LogP contribution in [0.1, 0.15) is 37.7 Å². The number of amides is 1. The van der Waals surface area contributed by atoms with E-state index < -0.39 is 6.61 Å². The molecule has 1 amide bonds. The zero-order chi connectivity index (χ0) is 15.9. The second-order valence-corrected chi connectivity index (χ2v) is 5.49. The first-order valence-electron chi connectivity index (χ1n) is 7.56. The first-order chi connectivity index (χ1) is 10.6. The van der Waals surface area contributed by atoms with Gasteiger partial charge in [0.25, 0.3) is 0 Å². The minimum atomic E-state index is -2.88. The van der Waals surface area contributed by atoms with E-state index in [2.05, 4.69) is 4.74 Å². The third-order valence-corrected chi connectivity index (χ3v) is 4.01. The van der Waals surface area contributed by atoms with Crippen LogP contribution in [-0.4, -0.2) is 30.5 Å². The Morgan fingerprint density at radius 2 is 1.95 bits per heavy atom. The Bertz CT molecular complexity index is 525. The third-order valence-electron chi connectivity index (χ3n) is 4.01. The van der Waals surface area contributed by atoms with E-state index >= 15 is 0 Å². The molecule has 1 fully saturated rings. The highest BCUT2D eigenvalue weighted by molar-refractivity contribution is 5.92. The van der Waals surface area contributed by atoms with E-state index in [1.54, 1.807) is 30.1 Å². The van der Waals surface area contributed by atoms with Gasteiger partial charge in [-0.05, 0) is 25.0 Å². The monoisotopic (exact) mass is 309 g/mol. The smallest absolute Gasteiger partial charge is 0.387 e. The largest absolute Gasteiger partial charge is 0.434 e. The van der Waals surface area contributed by atoms with Crippen molar-refractivity contribution in [1.29, 1.82) is 0 Å². The fourth-order valence-electron chi connectivity index (χ4n) is 2.75. The van der Waals surface area contributed by atoms with Crippen LogP contribution in [0, 0.1) is 0 Å². The molecule has 3 nitrogen and oxygen atoms in total. The summed E-state index contributed by atoms with van der Waals surface area (Å²) in [5.41, 5.74) is 0.466. The minimum absolute atomic E-state index is 0.0712. The van der Waals surface area contributed by atoms with Gasteiger partial charge in [0, 0.05) is 24.7 Å². The van der Waals surface area contributed by atoms with Crippen molar-refractivity contribution in [2.24, 2.45) is 0 Å². The van der Waals surface area contributed by atoms with Crippen molar-refractivity contribution in [1.82, 2.24) is 4.90 Å². The molecule has 1 aromatic carbocycles. The lowest BCUT2D eigenvalue weighted by Gasteiger charge is -2.30. The highest BCUT2D eigenvalue weighted by Crippen LogP contribution is 2.23. The van der Waals surface area contributed by atoms with Crippen molar-refractivity contribution < 1.29 is 18.3 Å². The maximum atomic E-state index is 12.3. The molecule has 1 aromatic rings. The summed E-state index contributed by atoms with van der Waals surface area (Å²) < 4.78 is 29.1. The van der Waals surface area contributed by atoms with Gasteiger partial charge in [0.2, 0.25) is 5.91 Å². The second kappa shape index (κ2) is 7.92. The lowest BCUT2D eigenvalue weighted by atomic mass is 9.94. The standard InChI is InChI=1S/C17H21F2NO2/c1-20(14-8-3-2-4-9-14)16(21)12-11-13-7-5-6-10-15(13)22-17(18)19/h5-7,10-12,14,17H,2-4,8-9H2,1H3/b12-11+. The number of alkyl halides is 2. The van der Waals surface area contributed by atoms with Crippen LogP contribution in [0.5, 0.6) is 5.75 Å². The lowest BCUT2D eigenvalue weighted by Crippen LogP contribution is -2.37. The van der Waals surface area contributed by atoms with Crippen LogP contribution in [0.25, 0.3) is 6.08 Å². The van der Waals surface area contributed by atoms with E-state index in [4.69, 9.17) is 0 Å². The summed E-state index contributed by atoms with van der Waals surface area (Å²) in [5.74, 6) is -0.0411. The van der Waals surface area contributed by atoms with Crippen LogP contribution in [0.2, 0.25) is 0 Å². The summed E-state index contributed by atoms with van der Waals surface area (Å²) in [7, 11) is 1.80. The van der Waals surface area contributed by atoms with Gasteiger partial charge in [0.1, 0.15) is 5.75 Å². The number of halogens is 2. The van der Waals surface area contributed by atoms with Gasteiger partial charge in [-0.25, -0.2) is 0 Å². The Balaban J connectivity index is 2.02. The Hall–Kier alpha value is -1.91. The van der Waals surface area contributed by atoms with E-state index in [0.29, 0.717) is 5.56 Å². The topological polar surface area (TPSA) is 29.5 Å². The lowest BCUT2D eigenvalue weighted by molar-refractivity contribution is -0.127. The summed E-state index contributed by atoms with van der Waals surface area (Å²) in [5, 5.41) is 0. The van der Waals surface area contributed by atoms with E-state index in [0.717, 1.165) is 25.7 Å². The van der Waals surface area contributed by atoms with E-state index in [-0.39, 0.29) is 17.7 Å². The molecule has 0 unspecified atom stereocenters. The molecule has 1 saturated carbocycles. The fraction of sp³-hybridized carbons (Fsp3) is 0.471. The predicted octanol–water partition coefficient (Wildman–Crippen LogP) is 4.09. The summed E-state index contributed by atoms with van der Waals surface area (Å²) in [6.45, 7) is -2.88. The Kier molecular flexibility index (Phi) is 5.92. The van der Waals surface area contributed by atoms with Gasteiger partial charge < -0.3 is 9.64 Å². The van der Waals surface area contributed by atoms with Gasteiger partial charge in [0.15, 0.2) is 0 Å². The Labute approximate surface area is 129 Å². The SMILES string of the molecule is CN(C(=O)/C=C/c1ccccc1OC(F)F)C1CCCCC1. The van der Waals surface area contributed by atoms with E-state index in [9.17, 15) is 13.6 Å². The number of hydrogen-bond acceptors (Lipinski definition) is 2. The van der Waals surface area contributed by atoms with Gasteiger partial charge in [0.05, 0.1) is 0 Å². The van der Waals surface area contributed by atoms with Crippen LogP contribution >= 0.6 is 0 Å². The number of carbonyl (C=O) groups excluding carboxylic acids is 1. The molecule has 0 bridgehead atoms. The average molecular weight is 309 g/mol. The van der Waals surface area contributed by atoms with Crippen LogP contribution in [0.4, 0.5) is 8.78 Å². The average Bonchev–Trinajstić information content (AvgIpc) is 2.53. The summed E-state index contributed by atoms with van der Waals surface area (Å²) in [6, 6.07) is 6.71. The highest BCUT2D eigenvalue weighted by Gasteiger charge is 2.20. The molecule has 0 N–H and O–H groups in total. The van der Waals surface area contributed by atoms with Crippen molar-refractivity contribution in [3.63, 3.8) is 0 Å². The fourth-order valence-corrected chi connectivity index (χ4v) is 2.75. The summed E-state index contributed by atoms with van der Waals surface area (Å²) in [4.78, 5) is 13.9. The summed E-state index contributed by atoms with van der Waals surface area (Å²) >= 11 is 0. The molecule has 120 valence electrons. The summed E-state index contributed by atoms with van der Waals surface area (Å²) in [6.07, 6.45) is 8.53. The molecule has 5 heteroatoms. The number of likely N-dealkylation sites (N-methyl/N-ethyl adjacent to an activating group) is 1. The molecule has 1 aliphatic carbocycles. The number of nitrogens with zero attached hydrogens (tertiary/aromatic N) is 1. The minimum Gasteiger partial charge on any atom is -0.434 e. The van der Waals surface area contributed by atoms with Crippen molar-refractivity contribution in [3.05, 3.63) is 35.9 Å². The Morgan fingerprint density at radius 3 is 2.64 bits per heavy atom. The van der Waals surface area contributed by atoms with Crippen molar-refractivity contribution in [2.75, 3.05) is 7.05 Å². The molecule has 0 aromatic heterocycles. The molecule has 1 aliphatic rings. The molecule has 0 atom stereocenters. The third kappa shape index (κ3) is 4.55. The molecular formula is C17H21F2NO2. The molecular weight excluding hydrogens is 288 g/mol. The van der Waals surface area contributed by atoms with Crippen molar-refractivity contribution >= 4 is 12.0 Å². The predicted molar refractivity (Wildman–Crippen MR) is 81.8 cm³/mol. The number of ether oxygens (including phenoxy) is 1. The molecule has 22 heavy (non-hydrogen) atoms. The van der Waals surface area contributed by atoms with Crippen LogP contribution < -0.4 is 4.74 Å². The number of hydrogen-bond donors (Lipinski definition) is 0. The van der Waals surface area contributed by atoms with Crippen molar-refractivity contribution in [2.45, 2.75) is 44.8 Å². The van der Waals surface area contributed by atoms with Gasteiger partial charge in [-0.15, -0.1) is 0 Å². The maximum Gasteiger partial charge on any atom is 0.387 e. The molecule has 0 radical (unpaired) electrons. The Morgan fingerprint density at radius 1 is 1.27 bits per heavy atom. The quantitative estimate of drug-likeness (QED) is 0.767. The van der Waals surface area contributed by atoms with Gasteiger partial charge in [-0.1, -0.05) is 37.5 Å². The first-order valence-corrected chi connectivity index (χ1v) is 7.56. The molecule has 2 rings (SSSR count). The second-order valence-electron chi connectivity index (χ2n) is 5.49. The van der Waals surface area contributed by atoms with Crippen LogP contribution in [-0.2, 0) is 4.79 Å². The number of benzene rings is 1. The van der Waals surface area contributed by atoms with Crippen molar-refractivity contribution in [3.8, 4) is 5.75 Å². The zero-order valence-electron chi connectivity index (χ0n) is 12.7. The van der Waals surface area contributed by atoms with Gasteiger partial charge in [-0.3, -0.25) is 4.79 Å².